The molecule has 0 saturated carbocycles. The molecule has 0 aliphatic heterocycles. The summed E-state index contributed by atoms with van der Waals surface area (Å²) in [6.45, 7) is 0.839. The van der Waals surface area contributed by atoms with Gasteiger partial charge in [0.25, 0.3) is 0 Å². The number of hydrogen-bond donors (Lipinski definition) is 1. The molecule has 2 aromatic rings. The van der Waals surface area contributed by atoms with Crippen molar-refractivity contribution in [3.05, 3.63) is 65.7 Å². The van der Waals surface area contributed by atoms with Gasteiger partial charge in [-0.05, 0) is 23.4 Å². The molecule has 0 aromatic heterocycles. The van der Waals surface area contributed by atoms with Crippen LogP contribution in [0.1, 0.15) is 17.0 Å². The molecule has 2 rings (SSSR count). The van der Waals surface area contributed by atoms with Crippen LogP contribution in [-0.4, -0.2) is 19.3 Å². The lowest BCUT2D eigenvalue weighted by atomic mass is 10.00. The molecule has 0 fully saturated rings. The quantitative estimate of drug-likeness (QED) is 0.846. The van der Waals surface area contributed by atoms with Crippen molar-refractivity contribution in [1.29, 1.82) is 5.26 Å². The minimum absolute atomic E-state index is 0.344. The Morgan fingerprint density at radius 3 is 2.40 bits per heavy atom. The molecule has 0 saturated heterocycles. The molecule has 102 valence electrons. The molecule has 1 unspecified atom stereocenters. The third kappa shape index (κ3) is 3.34. The van der Waals surface area contributed by atoms with Crippen LogP contribution in [-0.2, 0) is 0 Å². The van der Waals surface area contributed by atoms with Gasteiger partial charge in [0.05, 0.1) is 11.3 Å². The summed E-state index contributed by atoms with van der Waals surface area (Å²) in [6.07, 6.45) is 0. The monoisotopic (exact) mass is 282 g/mol. The predicted octanol–water partition coefficient (Wildman–Crippen LogP) is 3.71. The Balaban J connectivity index is 2.18. The third-order valence-electron chi connectivity index (χ3n) is 3.42. The fourth-order valence-electron chi connectivity index (χ4n) is 2.32. The van der Waals surface area contributed by atoms with E-state index in [1.807, 2.05) is 37.4 Å². The van der Waals surface area contributed by atoms with Gasteiger partial charge in [0.2, 0.25) is 0 Å². The van der Waals surface area contributed by atoms with E-state index in [9.17, 15) is 5.26 Å². The lowest BCUT2D eigenvalue weighted by Crippen LogP contribution is -2.25. The van der Waals surface area contributed by atoms with Crippen LogP contribution in [0, 0.1) is 11.3 Å². The first-order chi connectivity index (χ1) is 9.76. The molecule has 2 aromatic carbocycles. The average Bonchev–Trinajstić information content (AvgIpc) is 2.53. The minimum atomic E-state index is 0.344. The summed E-state index contributed by atoms with van der Waals surface area (Å²) >= 11 is 4.47. The maximum absolute atomic E-state index is 9.18. The standard InChI is InChI=1S/C17H18N2S/c1-19(17-10-6-5-9-15(17)11-18)12-16(13-20)14-7-3-2-4-8-14/h2-10,16,20H,12-13H2,1H3. The Morgan fingerprint density at radius 1 is 1.10 bits per heavy atom. The van der Waals surface area contributed by atoms with Crippen molar-refractivity contribution < 1.29 is 0 Å². The third-order valence-corrected chi connectivity index (χ3v) is 3.86. The first-order valence-corrected chi connectivity index (χ1v) is 7.25. The van der Waals surface area contributed by atoms with Crippen LogP contribution in [0.25, 0.3) is 0 Å². The summed E-state index contributed by atoms with van der Waals surface area (Å²) in [5.74, 6) is 1.12. The Kier molecular flexibility index (Phi) is 5.09. The molecule has 0 N–H and O–H groups in total. The second-order valence-electron chi connectivity index (χ2n) is 4.80. The molecule has 0 radical (unpaired) electrons. The molecule has 2 nitrogen and oxygen atoms in total. The molecule has 0 bridgehead atoms. The smallest absolute Gasteiger partial charge is 0.101 e. The molecule has 3 heteroatoms. The van der Waals surface area contributed by atoms with Crippen molar-refractivity contribution in [2.24, 2.45) is 0 Å². The Bertz CT molecular complexity index is 589. The second kappa shape index (κ2) is 7.02. The normalized spacial score (nSPS) is 11.7. The number of likely N-dealkylation sites (N-methyl/N-ethyl adjacent to an activating group) is 1. The largest absolute Gasteiger partial charge is 0.373 e. The van der Waals surface area contributed by atoms with Crippen molar-refractivity contribution >= 4 is 18.3 Å². The lowest BCUT2D eigenvalue weighted by molar-refractivity contribution is 0.744. The van der Waals surface area contributed by atoms with Gasteiger partial charge in [-0.3, -0.25) is 0 Å². The molecule has 1 atom stereocenters. The highest BCUT2D eigenvalue weighted by Gasteiger charge is 2.14. The first-order valence-electron chi connectivity index (χ1n) is 6.62. The van der Waals surface area contributed by atoms with E-state index in [-0.39, 0.29) is 0 Å². The molecule has 20 heavy (non-hydrogen) atoms. The maximum Gasteiger partial charge on any atom is 0.101 e. The highest BCUT2D eigenvalue weighted by molar-refractivity contribution is 7.80. The summed E-state index contributed by atoms with van der Waals surface area (Å²) in [6, 6.07) is 20.3. The van der Waals surface area contributed by atoms with E-state index in [1.165, 1.54) is 5.56 Å². The van der Waals surface area contributed by atoms with Gasteiger partial charge >= 0.3 is 0 Å². The molecule has 0 spiro atoms. The van der Waals surface area contributed by atoms with Gasteiger partial charge in [-0.2, -0.15) is 17.9 Å². The van der Waals surface area contributed by atoms with Gasteiger partial charge in [0.1, 0.15) is 6.07 Å². The van der Waals surface area contributed by atoms with E-state index in [2.05, 4.69) is 47.9 Å². The Labute approximate surface area is 126 Å². The van der Waals surface area contributed by atoms with Gasteiger partial charge in [0.15, 0.2) is 0 Å². The lowest BCUT2D eigenvalue weighted by Gasteiger charge is -2.26. The summed E-state index contributed by atoms with van der Waals surface area (Å²) in [5.41, 5.74) is 2.96. The number of hydrogen-bond acceptors (Lipinski definition) is 3. The van der Waals surface area contributed by atoms with E-state index in [0.29, 0.717) is 11.5 Å². The number of rotatable bonds is 5. The summed E-state index contributed by atoms with van der Waals surface area (Å²) < 4.78 is 0. The molecular formula is C17H18N2S. The summed E-state index contributed by atoms with van der Waals surface area (Å²) in [4.78, 5) is 2.13. The molecular weight excluding hydrogens is 264 g/mol. The van der Waals surface area contributed by atoms with Crippen LogP contribution in [0.2, 0.25) is 0 Å². The van der Waals surface area contributed by atoms with Crippen molar-refractivity contribution in [2.45, 2.75) is 5.92 Å². The number of nitrogens with zero attached hydrogens (tertiary/aromatic N) is 2. The maximum atomic E-state index is 9.18. The summed E-state index contributed by atoms with van der Waals surface area (Å²) in [7, 11) is 2.02. The fraction of sp³-hybridized carbons (Fsp3) is 0.235. The van der Waals surface area contributed by atoms with Crippen LogP contribution in [0.15, 0.2) is 54.6 Å². The van der Waals surface area contributed by atoms with Crippen molar-refractivity contribution in [2.75, 3.05) is 24.2 Å². The zero-order chi connectivity index (χ0) is 14.4. The van der Waals surface area contributed by atoms with Crippen molar-refractivity contribution in [3.63, 3.8) is 0 Å². The van der Waals surface area contributed by atoms with E-state index >= 15 is 0 Å². The fourth-order valence-corrected chi connectivity index (χ4v) is 2.65. The second-order valence-corrected chi connectivity index (χ2v) is 5.16. The van der Waals surface area contributed by atoms with Crippen molar-refractivity contribution in [3.8, 4) is 6.07 Å². The van der Waals surface area contributed by atoms with Gasteiger partial charge in [-0.1, -0.05) is 42.5 Å². The highest BCUT2D eigenvalue weighted by atomic mass is 32.1. The first kappa shape index (κ1) is 14.5. The molecule has 0 heterocycles. The SMILES string of the molecule is CN(CC(CS)c1ccccc1)c1ccccc1C#N. The Morgan fingerprint density at radius 2 is 1.75 bits per heavy atom. The van der Waals surface area contributed by atoms with E-state index in [4.69, 9.17) is 0 Å². The van der Waals surface area contributed by atoms with Gasteiger partial charge in [-0.25, -0.2) is 0 Å². The predicted molar refractivity (Wildman–Crippen MR) is 87.5 cm³/mol. The van der Waals surface area contributed by atoms with Crippen LogP contribution in [0.3, 0.4) is 0 Å². The Hall–Kier alpha value is -1.92. The number of thiol groups is 1. The number of benzene rings is 2. The molecule has 0 amide bonds. The number of nitriles is 1. The van der Waals surface area contributed by atoms with Crippen LogP contribution in [0.5, 0.6) is 0 Å². The average molecular weight is 282 g/mol. The topological polar surface area (TPSA) is 27.0 Å². The van der Waals surface area contributed by atoms with Gasteiger partial charge in [0, 0.05) is 19.5 Å². The number of anilines is 1. The van der Waals surface area contributed by atoms with Crippen LogP contribution < -0.4 is 4.90 Å². The van der Waals surface area contributed by atoms with Crippen LogP contribution >= 0.6 is 12.6 Å². The van der Waals surface area contributed by atoms with E-state index in [0.717, 1.165) is 18.0 Å². The van der Waals surface area contributed by atoms with E-state index < -0.39 is 0 Å². The van der Waals surface area contributed by atoms with Crippen LogP contribution in [0.4, 0.5) is 5.69 Å². The molecule has 0 aliphatic carbocycles. The zero-order valence-electron chi connectivity index (χ0n) is 11.5. The van der Waals surface area contributed by atoms with E-state index in [1.54, 1.807) is 0 Å². The highest BCUT2D eigenvalue weighted by Crippen LogP contribution is 2.23. The minimum Gasteiger partial charge on any atom is -0.373 e. The number of para-hydroxylation sites is 1. The van der Waals surface area contributed by atoms with Gasteiger partial charge < -0.3 is 4.90 Å². The van der Waals surface area contributed by atoms with Gasteiger partial charge in [-0.15, -0.1) is 0 Å². The summed E-state index contributed by atoms with van der Waals surface area (Å²) in [5, 5.41) is 9.18. The van der Waals surface area contributed by atoms with Crippen molar-refractivity contribution in [1.82, 2.24) is 0 Å². The molecule has 0 aliphatic rings. The zero-order valence-corrected chi connectivity index (χ0v) is 12.4.